The maximum absolute atomic E-state index is 11.9. The number of sulfonamides is 1. The van der Waals surface area contributed by atoms with Crippen molar-refractivity contribution in [1.29, 1.82) is 0 Å². The van der Waals surface area contributed by atoms with Gasteiger partial charge in [0.2, 0.25) is 0 Å². The third-order valence-corrected chi connectivity index (χ3v) is 4.98. The lowest BCUT2D eigenvalue weighted by atomic mass is 9.93. The number of hydrogen-bond donors (Lipinski definition) is 2. The van der Waals surface area contributed by atoms with E-state index >= 15 is 0 Å². The lowest BCUT2D eigenvalue weighted by Crippen LogP contribution is -2.28. The number of nitrogens with zero attached hydrogens (tertiary/aromatic N) is 1. The van der Waals surface area contributed by atoms with Gasteiger partial charge in [-0.25, -0.2) is 22.9 Å². The second kappa shape index (κ2) is 5.33. The molecule has 0 saturated carbocycles. The van der Waals surface area contributed by atoms with Crippen LogP contribution >= 0.6 is 11.3 Å². The van der Waals surface area contributed by atoms with Gasteiger partial charge in [-0.15, -0.1) is 11.3 Å². The highest BCUT2D eigenvalue weighted by Crippen LogP contribution is 2.21. The normalized spacial score (nSPS) is 12.6. The molecule has 0 fully saturated rings. The molecule has 0 aromatic carbocycles. The molecule has 2 N–H and O–H groups in total. The van der Waals surface area contributed by atoms with Gasteiger partial charge in [-0.05, 0) is 11.8 Å². The average molecular weight is 292 g/mol. The lowest BCUT2D eigenvalue weighted by Gasteiger charge is -2.17. The molecular weight excluding hydrogens is 276 g/mol. The van der Waals surface area contributed by atoms with Crippen molar-refractivity contribution in [2.45, 2.75) is 31.4 Å². The minimum absolute atomic E-state index is 0.00580. The predicted molar refractivity (Wildman–Crippen MR) is 68.3 cm³/mol. The van der Waals surface area contributed by atoms with Gasteiger partial charge < -0.3 is 5.11 Å². The molecule has 0 radical (unpaired) electrons. The second-order valence-electron chi connectivity index (χ2n) is 5.00. The van der Waals surface area contributed by atoms with Crippen molar-refractivity contribution in [2.75, 3.05) is 6.54 Å². The molecule has 0 atom stereocenters. The molecule has 6 nitrogen and oxygen atoms in total. The molecule has 102 valence electrons. The summed E-state index contributed by atoms with van der Waals surface area (Å²) in [5.74, 6) is -1.34. The van der Waals surface area contributed by atoms with Crippen LogP contribution in [-0.4, -0.2) is 31.0 Å². The van der Waals surface area contributed by atoms with Crippen molar-refractivity contribution in [3.63, 3.8) is 0 Å². The van der Waals surface area contributed by atoms with Crippen LogP contribution in [-0.2, 0) is 10.0 Å². The third kappa shape index (κ3) is 4.04. The van der Waals surface area contributed by atoms with Crippen molar-refractivity contribution in [3.8, 4) is 0 Å². The fraction of sp³-hybridized carbons (Fsp3) is 0.600. The predicted octanol–water partition coefficient (Wildman–Crippen LogP) is 1.56. The Morgan fingerprint density at radius 1 is 1.50 bits per heavy atom. The Kier molecular flexibility index (Phi) is 4.46. The van der Waals surface area contributed by atoms with Crippen LogP contribution in [0.1, 0.15) is 37.7 Å². The molecule has 18 heavy (non-hydrogen) atoms. The summed E-state index contributed by atoms with van der Waals surface area (Å²) in [6.07, 6.45) is 0.660. The number of aromatic nitrogens is 1. The summed E-state index contributed by atoms with van der Waals surface area (Å²) in [4.78, 5) is 14.4. The molecule has 0 unspecified atom stereocenters. The smallest absolute Gasteiger partial charge is 0.356 e. The summed E-state index contributed by atoms with van der Waals surface area (Å²) in [5.41, 5.74) is 0.788. The second-order valence-corrected chi connectivity index (χ2v) is 7.82. The molecule has 0 bridgehead atoms. The first-order chi connectivity index (χ1) is 8.13. The molecule has 0 spiro atoms. The minimum Gasteiger partial charge on any atom is -0.476 e. The van der Waals surface area contributed by atoms with Crippen molar-refractivity contribution in [3.05, 3.63) is 11.2 Å². The zero-order valence-electron chi connectivity index (χ0n) is 10.4. The Balaban J connectivity index is 2.81. The van der Waals surface area contributed by atoms with Gasteiger partial charge in [-0.3, -0.25) is 0 Å². The fourth-order valence-corrected chi connectivity index (χ4v) is 3.41. The largest absolute Gasteiger partial charge is 0.476 e. The van der Waals surface area contributed by atoms with E-state index in [1.165, 1.54) is 5.51 Å². The summed E-state index contributed by atoms with van der Waals surface area (Å²) in [5, 5.41) is 8.82. The summed E-state index contributed by atoms with van der Waals surface area (Å²) in [6, 6.07) is 0. The molecule has 1 rings (SSSR count). The van der Waals surface area contributed by atoms with Gasteiger partial charge in [0, 0.05) is 6.54 Å². The quantitative estimate of drug-likeness (QED) is 0.858. The third-order valence-electron chi connectivity index (χ3n) is 2.15. The number of carbonyl (C=O) groups is 1. The van der Waals surface area contributed by atoms with Gasteiger partial charge >= 0.3 is 5.97 Å². The monoisotopic (exact) mass is 292 g/mol. The van der Waals surface area contributed by atoms with Crippen LogP contribution in [0.3, 0.4) is 0 Å². The first-order valence-corrected chi connectivity index (χ1v) is 7.66. The van der Waals surface area contributed by atoms with Gasteiger partial charge in [-0.1, -0.05) is 20.8 Å². The van der Waals surface area contributed by atoms with Gasteiger partial charge in [0.05, 0.1) is 5.51 Å². The first-order valence-electron chi connectivity index (χ1n) is 5.30. The number of thiazole rings is 1. The number of nitrogens with one attached hydrogen (secondary N) is 1. The number of aromatic carboxylic acids is 1. The maximum Gasteiger partial charge on any atom is 0.356 e. The molecule has 0 aliphatic carbocycles. The average Bonchev–Trinajstić information content (AvgIpc) is 2.63. The molecule has 0 aliphatic heterocycles. The SMILES string of the molecule is CC(C)(C)CCNS(=O)(=O)c1scnc1C(=O)O. The Morgan fingerprint density at radius 2 is 2.11 bits per heavy atom. The molecule has 0 aliphatic rings. The summed E-state index contributed by atoms with van der Waals surface area (Å²) >= 11 is 0.800. The van der Waals surface area contributed by atoms with Crippen LogP contribution in [0.25, 0.3) is 0 Å². The Bertz CT molecular complexity index is 528. The van der Waals surface area contributed by atoms with E-state index in [4.69, 9.17) is 5.11 Å². The maximum atomic E-state index is 11.9. The molecule has 0 saturated heterocycles. The Labute approximate surface area is 110 Å². The van der Waals surface area contributed by atoms with E-state index < -0.39 is 21.7 Å². The highest BCUT2D eigenvalue weighted by atomic mass is 32.2. The van der Waals surface area contributed by atoms with E-state index in [0.29, 0.717) is 6.42 Å². The Hall–Kier alpha value is -0.990. The van der Waals surface area contributed by atoms with Gasteiger partial charge in [-0.2, -0.15) is 0 Å². The van der Waals surface area contributed by atoms with E-state index in [9.17, 15) is 13.2 Å². The molecule has 8 heteroatoms. The van der Waals surface area contributed by atoms with Crippen LogP contribution in [0, 0.1) is 5.41 Å². The number of carboxylic acid groups (broad SMARTS) is 1. The highest BCUT2D eigenvalue weighted by molar-refractivity contribution is 7.91. The highest BCUT2D eigenvalue weighted by Gasteiger charge is 2.25. The minimum atomic E-state index is -3.79. The standard InChI is InChI=1S/C10H16N2O4S2/c1-10(2,3)4-5-12-18(15,16)9-7(8(13)14)11-6-17-9/h6,12H,4-5H2,1-3H3,(H,13,14). The number of carboxylic acids is 1. The molecule has 1 heterocycles. The van der Waals surface area contributed by atoms with E-state index in [-0.39, 0.29) is 16.2 Å². The molecule has 0 amide bonds. The van der Waals surface area contributed by atoms with Crippen molar-refractivity contribution < 1.29 is 18.3 Å². The van der Waals surface area contributed by atoms with E-state index in [0.717, 1.165) is 11.3 Å². The van der Waals surface area contributed by atoms with Crippen LogP contribution < -0.4 is 4.72 Å². The van der Waals surface area contributed by atoms with Gasteiger partial charge in [0.25, 0.3) is 10.0 Å². The topological polar surface area (TPSA) is 96.4 Å². The lowest BCUT2D eigenvalue weighted by molar-refractivity contribution is 0.0687. The Morgan fingerprint density at radius 3 is 2.61 bits per heavy atom. The van der Waals surface area contributed by atoms with Crippen molar-refractivity contribution in [2.24, 2.45) is 5.41 Å². The van der Waals surface area contributed by atoms with E-state index in [1.54, 1.807) is 0 Å². The van der Waals surface area contributed by atoms with Crippen molar-refractivity contribution >= 4 is 27.3 Å². The fourth-order valence-electron chi connectivity index (χ4n) is 1.19. The van der Waals surface area contributed by atoms with Crippen LogP contribution in [0.5, 0.6) is 0 Å². The van der Waals surface area contributed by atoms with Crippen LogP contribution in [0.2, 0.25) is 0 Å². The zero-order valence-corrected chi connectivity index (χ0v) is 12.1. The summed E-state index contributed by atoms with van der Waals surface area (Å²) < 4.78 is 25.9. The summed E-state index contributed by atoms with van der Waals surface area (Å²) in [6.45, 7) is 6.26. The van der Waals surface area contributed by atoms with Crippen LogP contribution in [0.15, 0.2) is 9.72 Å². The molecular formula is C10H16N2O4S2. The van der Waals surface area contributed by atoms with Gasteiger partial charge in [0.1, 0.15) is 0 Å². The van der Waals surface area contributed by atoms with Gasteiger partial charge in [0.15, 0.2) is 9.90 Å². The van der Waals surface area contributed by atoms with Crippen LogP contribution in [0.4, 0.5) is 0 Å². The molecule has 1 aromatic rings. The first kappa shape index (κ1) is 15.1. The molecule has 1 aromatic heterocycles. The van der Waals surface area contributed by atoms with Crippen molar-refractivity contribution in [1.82, 2.24) is 9.71 Å². The zero-order chi connectivity index (χ0) is 14.0. The van der Waals surface area contributed by atoms with E-state index in [2.05, 4.69) is 9.71 Å². The summed E-state index contributed by atoms with van der Waals surface area (Å²) in [7, 11) is -3.79. The van der Waals surface area contributed by atoms with E-state index in [1.807, 2.05) is 20.8 Å². The number of rotatable bonds is 5. The number of hydrogen-bond acceptors (Lipinski definition) is 5.